The molecule has 0 aromatic heterocycles. The largest absolute Gasteiger partial charge is 0.395 e. The van der Waals surface area contributed by atoms with Crippen LogP contribution in [0, 0.1) is 0 Å². The summed E-state index contributed by atoms with van der Waals surface area (Å²) in [4.78, 5) is 0. The van der Waals surface area contributed by atoms with E-state index in [4.69, 9.17) is 5.11 Å². The number of aliphatic hydroxyl groups excluding tert-OH is 1. The molecule has 1 atom stereocenters. The summed E-state index contributed by atoms with van der Waals surface area (Å²) < 4.78 is 0. The smallest absolute Gasteiger partial charge is 0.0582 e. The minimum absolute atomic E-state index is 0.167. The Morgan fingerprint density at radius 3 is 2.50 bits per heavy atom. The van der Waals surface area contributed by atoms with E-state index >= 15 is 0 Å². The third-order valence-corrected chi connectivity index (χ3v) is 2.41. The molecule has 0 radical (unpaired) electrons. The molecule has 78 valence electrons. The molecule has 0 saturated carbocycles. The van der Waals surface area contributed by atoms with Crippen molar-refractivity contribution in [3.63, 3.8) is 0 Å². The van der Waals surface area contributed by atoms with E-state index in [1.165, 1.54) is 11.1 Å². The summed E-state index contributed by atoms with van der Waals surface area (Å²) in [6.07, 6.45) is 1.06. The minimum Gasteiger partial charge on any atom is -0.395 e. The third kappa shape index (κ3) is 3.13. The van der Waals surface area contributed by atoms with E-state index < -0.39 is 0 Å². The van der Waals surface area contributed by atoms with E-state index in [2.05, 4.69) is 36.5 Å². The fraction of sp³-hybridized carbons (Fsp3) is 0.500. The van der Waals surface area contributed by atoms with Crippen LogP contribution < -0.4 is 5.32 Å². The van der Waals surface area contributed by atoms with Crippen molar-refractivity contribution < 1.29 is 5.11 Å². The molecule has 0 spiro atoms. The highest BCUT2D eigenvalue weighted by atomic mass is 16.3. The molecular weight excluding hydrogens is 174 g/mol. The monoisotopic (exact) mass is 193 g/mol. The zero-order valence-corrected chi connectivity index (χ0v) is 8.96. The first-order valence-electron chi connectivity index (χ1n) is 5.19. The van der Waals surface area contributed by atoms with Crippen molar-refractivity contribution in [2.75, 3.05) is 6.61 Å². The highest BCUT2D eigenvalue weighted by molar-refractivity contribution is 5.26. The number of aliphatic hydroxyl groups is 1. The van der Waals surface area contributed by atoms with Gasteiger partial charge < -0.3 is 10.4 Å². The van der Waals surface area contributed by atoms with Crippen LogP contribution in [-0.2, 0) is 13.0 Å². The normalized spacial score (nSPS) is 12.8. The molecule has 2 heteroatoms. The first-order chi connectivity index (χ1) is 6.77. The quantitative estimate of drug-likeness (QED) is 0.746. The Balaban J connectivity index is 2.57. The molecule has 0 aliphatic rings. The highest BCUT2D eigenvalue weighted by Gasteiger charge is 2.01. The standard InChI is InChI=1S/C12H19NO/c1-3-11-6-4-5-7-12(11)8-13-10(2)9-14/h4-7,10,13-14H,3,8-9H2,1-2H3/t10-/m1/s1. The summed E-state index contributed by atoms with van der Waals surface area (Å²) >= 11 is 0. The predicted octanol–water partition coefficient (Wildman–Crippen LogP) is 1.72. The second kappa shape index (κ2) is 5.78. The van der Waals surface area contributed by atoms with Gasteiger partial charge in [-0.05, 0) is 24.5 Å². The lowest BCUT2D eigenvalue weighted by atomic mass is 10.1. The molecule has 1 aromatic rings. The Bertz CT molecular complexity index is 273. The Kier molecular flexibility index (Phi) is 4.63. The van der Waals surface area contributed by atoms with Crippen LogP contribution in [0.5, 0.6) is 0 Å². The van der Waals surface area contributed by atoms with Gasteiger partial charge in [0.15, 0.2) is 0 Å². The Morgan fingerprint density at radius 2 is 1.93 bits per heavy atom. The van der Waals surface area contributed by atoms with Gasteiger partial charge in [0.25, 0.3) is 0 Å². The summed E-state index contributed by atoms with van der Waals surface area (Å²) in [6, 6.07) is 8.58. The van der Waals surface area contributed by atoms with E-state index in [1.807, 2.05) is 6.92 Å². The molecular formula is C12H19NO. The molecule has 0 aliphatic carbocycles. The van der Waals surface area contributed by atoms with E-state index in [0.29, 0.717) is 0 Å². The lowest BCUT2D eigenvalue weighted by Gasteiger charge is -2.12. The molecule has 2 N–H and O–H groups in total. The van der Waals surface area contributed by atoms with Gasteiger partial charge in [-0.1, -0.05) is 31.2 Å². The van der Waals surface area contributed by atoms with Gasteiger partial charge in [-0.15, -0.1) is 0 Å². The van der Waals surface area contributed by atoms with Crippen molar-refractivity contribution in [3.05, 3.63) is 35.4 Å². The molecule has 2 nitrogen and oxygen atoms in total. The molecule has 0 fully saturated rings. The molecule has 0 heterocycles. The second-order valence-electron chi connectivity index (χ2n) is 3.59. The van der Waals surface area contributed by atoms with Crippen molar-refractivity contribution in [2.45, 2.75) is 32.9 Å². The van der Waals surface area contributed by atoms with Crippen molar-refractivity contribution in [1.29, 1.82) is 0 Å². The van der Waals surface area contributed by atoms with Crippen molar-refractivity contribution >= 4 is 0 Å². The van der Waals surface area contributed by atoms with Gasteiger partial charge in [-0.25, -0.2) is 0 Å². The van der Waals surface area contributed by atoms with E-state index in [1.54, 1.807) is 0 Å². The molecule has 0 saturated heterocycles. The summed E-state index contributed by atoms with van der Waals surface area (Å²) in [5.74, 6) is 0. The SMILES string of the molecule is CCc1ccccc1CN[C@H](C)CO. The molecule has 0 aliphatic heterocycles. The lowest BCUT2D eigenvalue weighted by Crippen LogP contribution is -2.28. The average Bonchev–Trinajstić information content (AvgIpc) is 2.26. The van der Waals surface area contributed by atoms with Gasteiger partial charge in [0.05, 0.1) is 6.61 Å². The highest BCUT2D eigenvalue weighted by Crippen LogP contribution is 2.08. The summed E-state index contributed by atoms with van der Waals surface area (Å²) in [6.45, 7) is 5.17. The number of nitrogens with one attached hydrogen (secondary N) is 1. The topological polar surface area (TPSA) is 32.3 Å². The maximum absolute atomic E-state index is 8.88. The van der Waals surface area contributed by atoms with Gasteiger partial charge >= 0.3 is 0 Å². The Labute approximate surface area is 86.0 Å². The first kappa shape index (κ1) is 11.2. The van der Waals surface area contributed by atoms with Crippen LogP contribution >= 0.6 is 0 Å². The molecule has 1 rings (SSSR count). The summed E-state index contributed by atoms with van der Waals surface area (Å²) in [5, 5.41) is 12.2. The number of aryl methyl sites for hydroxylation is 1. The molecule has 14 heavy (non-hydrogen) atoms. The minimum atomic E-state index is 0.167. The first-order valence-corrected chi connectivity index (χ1v) is 5.19. The third-order valence-electron chi connectivity index (χ3n) is 2.41. The number of rotatable bonds is 5. The zero-order chi connectivity index (χ0) is 10.4. The van der Waals surface area contributed by atoms with Crippen LogP contribution in [0.15, 0.2) is 24.3 Å². The molecule has 0 amide bonds. The number of hydrogen-bond donors (Lipinski definition) is 2. The van der Waals surface area contributed by atoms with Gasteiger partial charge in [0.2, 0.25) is 0 Å². The summed E-state index contributed by atoms with van der Waals surface area (Å²) in [5.41, 5.74) is 2.71. The fourth-order valence-electron chi connectivity index (χ4n) is 1.42. The van der Waals surface area contributed by atoms with Crippen LogP contribution in [0.3, 0.4) is 0 Å². The maximum Gasteiger partial charge on any atom is 0.0582 e. The second-order valence-corrected chi connectivity index (χ2v) is 3.59. The van der Waals surface area contributed by atoms with Crippen molar-refractivity contribution in [2.24, 2.45) is 0 Å². The lowest BCUT2D eigenvalue weighted by molar-refractivity contribution is 0.251. The van der Waals surface area contributed by atoms with Crippen LogP contribution in [0.1, 0.15) is 25.0 Å². The maximum atomic E-state index is 8.88. The van der Waals surface area contributed by atoms with E-state index in [9.17, 15) is 0 Å². The molecule has 0 unspecified atom stereocenters. The van der Waals surface area contributed by atoms with Gasteiger partial charge in [-0.2, -0.15) is 0 Å². The van der Waals surface area contributed by atoms with Crippen molar-refractivity contribution in [1.82, 2.24) is 5.32 Å². The van der Waals surface area contributed by atoms with Gasteiger partial charge in [0, 0.05) is 12.6 Å². The number of hydrogen-bond acceptors (Lipinski definition) is 2. The zero-order valence-electron chi connectivity index (χ0n) is 8.96. The Morgan fingerprint density at radius 1 is 1.29 bits per heavy atom. The summed E-state index contributed by atoms with van der Waals surface area (Å²) in [7, 11) is 0. The Hall–Kier alpha value is -0.860. The molecule has 0 bridgehead atoms. The van der Waals surface area contributed by atoms with Gasteiger partial charge in [0.1, 0.15) is 0 Å². The van der Waals surface area contributed by atoms with Crippen LogP contribution in [0.25, 0.3) is 0 Å². The van der Waals surface area contributed by atoms with Crippen molar-refractivity contribution in [3.8, 4) is 0 Å². The van der Waals surface area contributed by atoms with Crippen LogP contribution in [0.4, 0.5) is 0 Å². The van der Waals surface area contributed by atoms with Crippen LogP contribution in [-0.4, -0.2) is 17.8 Å². The molecule has 1 aromatic carbocycles. The van der Waals surface area contributed by atoms with E-state index in [-0.39, 0.29) is 12.6 Å². The number of benzene rings is 1. The van der Waals surface area contributed by atoms with Crippen LogP contribution in [0.2, 0.25) is 0 Å². The predicted molar refractivity (Wildman–Crippen MR) is 59.2 cm³/mol. The fourth-order valence-corrected chi connectivity index (χ4v) is 1.42. The average molecular weight is 193 g/mol. The van der Waals surface area contributed by atoms with E-state index in [0.717, 1.165) is 13.0 Å². The van der Waals surface area contributed by atoms with Gasteiger partial charge in [-0.3, -0.25) is 0 Å².